The van der Waals surface area contributed by atoms with Gasteiger partial charge < -0.3 is 4.74 Å². The molecule has 1 radical (unpaired) electrons. The van der Waals surface area contributed by atoms with Gasteiger partial charge in [0.25, 0.3) is 0 Å². The van der Waals surface area contributed by atoms with Gasteiger partial charge in [0.2, 0.25) is 0 Å². The molecular weight excluding hydrogens is 204 g/mol. The molecular formula is C9H16ClO2Si. The first-order valence-corrected chi connectivity index (χ1v) is 7.18. The lowest BCUT2D eigenvalue weighted by molar-refractivity contribution is -0.137. The average molecular weight is 220 g/mol. The Morgan fingerprint density at radius 1 is 1.69 bits per heavy atom. The molecule has 0 aromatic rings. The van der Waals surface area contributed by atoms with Gasteiger partial charge in [-0.3, -0.25) is 0 Å². The number of halogens is 1. The summed E-state index contributed by atoms with van der Waals surface area (Å²) in [5.74, 6) is -0.354. The number of carbonyl (C=O) groups is 1. The van der Waals surface area contributed by atoms with Gasteiger partial charge in [0.1, 0.15) is 0 Å². The van der Waals surface area contributed by atoms with Gasteiger partial charge >= 0.3 is 5.97 Å². The summed E-state index contributed by atoms with van der Waals surface area (Å²) < 4.78 is 4.82. The number of rotatable bonds is 6. The second-order valence-corrected chi connectivity index (χ2v) is 7.08. The highest BCUT2D eigenvalue weighted by atomic mass is 35.6. The topological polar surface area (TPSA) is 26.3 Å². The third kappa shape index (κ3) is 6.84. The number of ether oxygens (including phenoxy) is 1. The van der Waals surface area contributed by atoms with E-state index in [2.05, 4.69) is 20.4 Å². The van der Waals surface area contributed by atoms with Crippen LogP contribution in [0.4, 0.5) is 0 Å². The first-order valence-electron chi connectivity index (χ1n) is 4.38. The van der Waals surface area contributed by atoms with Crippen molar-refractivity contribution in [3.63, 3.8) is 0 Å². The van der Waals surface area contributed by atoms with Gasteiger partial charge in [-0.2, -0.15) is 11.1 Å². The molecule has 0 aromatic heterocycles. The van der Waals surface area contributed by atoms with Gasteiger partial charge in [0, 0.05) is 6.08 Å². The van der Waals surface area contributed by atoms with Crippen LogP contribution in [0, 0.1) is 0 Å². The van der Waals surface area contributed by atoms with E-state index in [0.717, 1.165) is 12.5 Å². The Bertz CT molecular complexity index is 171. The zero-order chi connectivity index (χ0) is 10.3. The Morgan fingerprint density at radius 2 is 2.31 bits per heavy atom. The van der Waals surface area contributed by atoms with E-state index in [0.29, 0.717) is 12.1 Å². The Balaban J connectivity index is 3.35. The summed E-state index contributed by atoms with van der Waals surface area (Å²) in [6.45, 7) is 8.01. The fraction of sp³-hybridized carbons (Fsp3) is 0.667. The Morgan fingerprint density at radius 3 is 2.77 bits per heavy atom. The van der Waals surface area contributed by atoms with Crippen molar-refractivity contribution in [1.82, 2.24) is 0 Å². The molecule has 0 unspecified atom stereocenters. The summed E-state index contributed by atoms with van der Waals surface area (Å²) in [7, 11) is -0.756. The number of hydrogen-bond acceptors (Lipinski definition) is 2. The molecule has 0 spiro atoms. The van der Waals surface area contributed by atoms with Crippen LogP contribution in [0.25, 0.3) is 0 Å². The van der Waals surface area contributed by atoms with Crippen LogP contribution in [0.1, 0.15) is 20.3 Å². The third-order valence-corrected chi connectivity index (χ3v) is 5.56. The van der Waals surface area contributed by atoms with Crippen molar-refractivity contribution in [2.24, 2.45) is 0 Å². The highest BCUT2D eigenvalue weighted by molar-refractivity contribution is 7.07. The quantitative estimate of drug-likeness (QED) is 0.226. The van der Waals surface area contributed by atoms with Crippen LogP contribution in [0.3, 0.4) is 0 Å². The molecule has 0 saturated heterocycles. The number of carbonyl (C=O) groups excluding carboxylic acids is 1. The van der Waals surface area contributed by atoms with Gasteiger partial charge in [0.05, 0.1) is 6.61 Å². The molecule has 0 saturated carbocycles. The van der Waals surface area contributed by atoms with Gasteiger partial charge in [0.15, 0.2) is 8.11 Å². The maximum atomic E-state index is 10.6. The van der Waals surface area contributed by atoms with Crippen molar-refractivity contribution in [3.05, 3.63) is 12.7 Å². The molecule has 0 rings (SSSR count). The molecule has 0 fully saturated rings. The molecule has 0 aliphatic rings. The Hall–Kier alpha value is -0.283. The minimum absolute atomic E-state index is 0.354. The van der Waals surface area contributed by atoms with Crippen molar-refractivity contribution >= 4 is 25.2 Å². The minimum Gasteiger partial charge on any atom is -0.463 e. The molecule has 4 heteroatoms. The first-order chi connectivity index (χ1) is 6.07. The normalized spacial score (nSPS) is 10.5. The second-order valence-electron chi connectivity index (χ2n) is 3.08. The highest BCUT2D eigenvalue weighted by Crippen LogP contribution is 2.16. The average Bonchev–Trinajstić information content (AvgIpc) is 2.11. The lowest BCUT2D eigenvalue weighted by atomic mass is 10.5. The SMILES string of the molecule is C=CC(=O)OCCC[Si](Cl)C(C)C. The maximum Gasteiger partial charge on any atom is 0.330 e. The molecule has 0 aromatic carbocycles. The van der Waals surface area contributed by atoms with E-state index in [1.165, 1.54) is 6.08 Å². The molecule has 0 aliphatic carbocycles. The molecule has 2 nitrogen and oxygen atoms in total. The summed E-state index contributed by atoms with van der Waals surface area (Å²) in [6, 6.07) is 0.980. The molecule has 75 valence electrons. The predicted molar refractivity (Wildman–Crippen MR) is 57.3 cm³/mol. The van der Waals surface area contributed by atoms with Crippen molar-refractivity contribution < 1.29 is 9.53 Å². The largest absolute Gasteiger partial charge is 0.463 e. The zero-order valence-corrected chi connectivity index (χ0v) is 9.93. The van der Waals surface area contributed by atoms with Crippen molar-refractivity contribution in [3.8, 4) is 0 Å². The van der Waals surface area contributed by atoms with Crippen LogP contribution < -0.4 is 0 Å². The number of hydrogen-bond donors (Lipinski definition) is 0. The molecule has 13 heavy (non-hydrogen) atoms. The van der Waals surface area contributed by atoms with Crippen LogP contribution in [0.2, 0.25) is 11.6 Å². The van der Waals surface area contributed by atoms with Crippen molar-refractivity contribution in [2.75, 3.05) is 6.61 Å². The second kappa shape index (κ2) is 7.15. The summed E-state index contributed by atoms with van der Waals surface area (Å²) in [5, 5.41) is 0. The minimum atomic E-state index is -0.756. The van der Waals surface area contributed by atoms with E-state index in [1.807, 2.05) is 0 Å². The summed E-state index contributed by atoms with van der Waals surface area (Å²) in [6.07, 6.45) is 2.03. The van der Waals surface area contributed by atoms with E-state index in [4.69, 9.17) is 15.8 Å². The Kier molecular flexibility index (Phi) is 7.00. The predicted octanol–water partition coefficient (Wildman–Crippen LogP) is 2.75. The van der Waals surface area contributed by atoms with Gasteiger partial charge in [-0.05, 0) is 18.0 Å². The first kappa shape index (κ1) is 12.7. The van der Waals surface area contributed by atoms with E-state index < -0.39 is 8.11 Å². The summed E-state index contributed by atoms with van der Waals surface area (Å²) in [4.78, 5) is 10.6. The maximum absolute atomic E-state index is 10.6. The lowest BCUT2D eigenvalue weighted by Gasteiger charge is -2.09. The third-order valence-electron chi connectivity index (χ3n) is 1.60. The van der Waals surface area contributed by atoms with Crippen molar-refractivity contribution in [1.29, 1.82) is 0 Å². The van der Waals surface area contributed by atoms with Crippen LogP contribution in [-0.2, 0) is 9.53 Å². The van der Waals surface area contributed by atoms with Crippen LogP contribution >= 0.6 is 11.1 Å². The standard InChI is InChI=1S/C9H16ClO2Si/c1-4-9(11)12-6-5-7-13(10)8(2)3/h4,8H,1,5-7H2,2-3H3. The zero-order valence-electron chi connectivity index (χ0n) is 8.18. The molecule has 0 amide bonds. The van der Waals surface area contributed by atoms with Crippen molar-refractivity contribution in [2.45, 2.75) is 31.9 Å². The monoisotopic (exact) mass is 219 g/mol. The van der Waals surface area contributed by atoms with E-state index >= 15 is 0 Å². The van der Waals surface area contributed by atoms with E-state index in [9.17, 15) is 4.79 Å². The summed E-state index contributed by atoms with van der Waals surface area (Å²) >= 11 is 6.11. The van der Waals surface area contributed by atoms with Crippen LogP contribution in [0.15, 0.2) is 12.7 Å². The van der Waals surface area contributed by atoms with E-state index in [-0.39, 0.29) is 5.97 Å². The lowest BCUT2D eigenvalue weighted by Crippen LogP contribution is -2.10. The molecule has 0 bridgehead atoms. The molecule has 0 atom stereocenters. The van der Waals surface area contributed by atoms with Crippen LogP contribution in [-0.4, -0.2) is 20.7 Å². The van der Waals surface area contributed by atoms with Gasteiger partial charge in [-0.1, -0.05) is 20.4 Å². The fourth-order valence-electron chi connectivity index (χ4n) is 0.761. The van der Waals surface area contributed by atoms with Crippen LogP contribution in [0.5, 0.6) is 0 Å². The Labute approximate surface area is 86.2 Å². The van der Waals surface area contributed by atoms with Gasteiger partial charge in [-0.25, -0.2) is 4.79 Å². The molecule has 0 heterocycles. The fourth-order valence-corrected chi connectivity index (χ4v) is 2.22. The van der Waals surface area contributed by atoms with Gasteiger partial charge in [-0.15, -0.1) is 0 Å². The smallest absolute Gasteiger partial charge is 0.330 e. The number of esters is 1. The summed E-state index contributed by atoms with van der Waals surface area (Å²) in [5.41, 5.74) is 0.571. The van der Waals surface area contributed by atoms with E-state index in [1.54, 1.807) is 0 Å². The molecule has 0 aliphatic heterocycles. The molecule has 0 N–H and O–H groups in total. The highest BCUT2D eigenvalue weighted by Gasteiger charge is 2.12.